The van der Waals surface area contributed by atoms with E-state index in [1.807, 2.05) is 13.0 Å². The molecule has 18 heavy (non-hydrogen) atoms. The molecule has 0 radical (unpaired) electrons. The SMILES string of the molecule is CCCc1cc(C(=O)NCC(O)C(=O)O)sc1C. The van der Waals surface area contributed by atoms with E-state index in [2.05, 4.69) is 12.2 Å². The van der Waals surface area contributed by atoms with Crippen LogP contribution < -0.4 is 5.32 Å². The van der Waals surface area contributed by atoms with Crippen LogP contribution in [-0.4, -0.2) is 34.7 Å². The summed E-state index contributed by atoms with van der Waals surface area (Å²) in [6, 6.07) is 1.83. The second-order valence-electron chi connectivity index (χ2n) is 4.01. The van der Waals surface area contributed by atoms with E-state index in [1.54, 1.807) is 0 Å². The molecule has 0 aromatic carbocycles. The van der Waals surface area contributed by atoms with E-state index in [9.17, 15) is 9.59 Å². The van der Waals surface area contributed by atoms with Crippen molar-refractivity contribution in [2.45, 2.75) is 32.8 Å². The summed E-state index contributed by atoms with van der Waals surface area (Å²) in [7, 11) is 0. The van der Waals surface area contributed by atoms with Crippen molar-refractivity contribution in [3.05, 3.63) is 21.4 Å². The molecule has 3 N–H and O–H groups in total. The van der Waals surface area contributed by atoms with E-state index in [0.29, 0.717) is 4.88 Å². The predicted octanol–water partition coefficient (Wildman–Crippen LogP) is 1.18. The van der Waals surface area contributed by atoms with Crippen molar-refractivity contribution < 1.29 is 19.8 Å². The second-order valence-corrected chi connectivity index (χ2v) is 5.26. The van der Waals surface area contributed by atoms with Crippen LogP contribution in [0.5, 0.6) is 0 Å². The molecule has 1 aromatic heterocycles. The number of amides is 1. The highest BCUT2D eigenvalue weighted by Crippen LogP contribution is 2.22. The summed E-state index contributed by atoms with van der Waals surface area (Å²) >= 11 is 1.38. The first-order valence-corrected chi connectivity index (χ1v) is 6.55. The molecule has 0 aliphatic rings. The lowest BCUT2D eigenvalue weighted by Crippen LogP contribution is -2.36. The molecule has 0 spiro atoms. The summed E-state index contributed by atoms with van der Waals surface area (Å²) in [6.07, 6.45) is 0.370. The smallest absolute Gasteiger partial charge is 0.334 e. The molecular formula is C12H17NO4S. The average Bonchev–Trinajstić information content (AvgIpc) is 2.68. The van der Waals surface area contributed by atoms with E-state index in [4.69, 9.17) is 10.2 Å². The van der Waals surface area contributed by atoms with Crippen LogP contribution in [0.3, 0.4) is 0 Å². The fourth-order valence-electron chi connectivity index (χ4n) is 1.51. The molecule has 1 amide bonds. The number of thiophene rings is 1. The van der Waals surface area contributed by atoms with Crippen molar-refractivity contribution >= 4 is 23.2 Å². The lowest BCUT2D eigenvalue weighted by Gasteiger charge is -2.06. The number of aliphatic carboxylic acids is 1. The van der Waals surface area contributed by atoms with E-state index in [0.717, 1.165) is 23.3 Å². The largest absolute Gasteiger partial charge is 0.479 e. The number of carboxylic acid groups (broad SMARTS) is 1. The van der Waals surface area contributed by atoms with Crippen LogP contribution in [0.25, 0.3) is 0 Å². The fraction of sp³-hybridized carbons (Fsp3) is 0.500. The van der Waals surface area contributed by atoms with Crippen LogP contribution >= 0.6 is 11.3 Å². The van der Waals surface area contributed by atoms with Crippen molar-refractivity contribution in [3.63, 3.8) is 0 Å². The zero-order valence-corrected chi connectivity index (χ0v) is 11.2. The zero-order chi connectivity index (χ0) is 13.7. The van der Waals surface area contributed by atoms with E-state index < -0.39 is 12.1 Å². The third-order valence-corrected chi connectivity index (χ3v) is 3.60. The summed E-state index contributed by atoms with van der Waals surface area (Å²) in [5, 5.41) is 19.9. The Morgan fingerprint density at radius 2 is 2.17 bits per heavy atom. The van der Waals surface area contributed by atoms with Crippen LogP contribution in [0.2, 0.25) is 0 Å². The molecule has 0 fully saturated rings. The first kappa shape index (κ1) is 14.7. The monoisotopic (exact) mass is 271 g/mol. The molecule has 0 aliphatic heterocycles. The lowest BCUT2D eigenvalue weighted by atomic mass is 10.1. The van der Waals surface area contributed by atoms with Gasteiger partial charge in [0.2, 0.25) is 0 Å². The van der Waals surface area contributed by atoms with Crippen LogP contribution in [0.4, 0.5) is 0 Å². The minimum absolute atomic E-state index is 0.284. The van der Waals surface area contributed by atoms with Crippen molar-refractivity contribution in [2.75, 3.05) is 6.54 Å². The van der Waals surface area contributed by atoms with Gasteiger partial charge in [-0.25, -0.2) is 4.79 Å². The predicted molar refractivity (Wildman–Crippen MR) is 69.0 cm³/mol. The maximum Gasteiger partial charge on any atom is 0.334 e. The van der Waals surface area contributed by atoms with Gasteiger partial charge in [0.15, 0.2) is 6.10 Å². The Morgan fingerprint density at radius 1 is 1.50 bits per heavy atom. The van der Waals surface area contributed by atoms with Crippen LogP contribution in [0.15, 0.2) is 6.07 Å². The van der Waals surface area contributed by atoms with Crippen molar-refractivity contribution in [3.8, 4) is 0 Å². The normalized spacial score (nSPS) is 12.2. The van der Waals surface area contributed by atoms with Gasteiger partial charge in [-0.2, -0.15) is 0 Å². The molecule has 0 aliphatic carbocycles. The van der Waals surface area contributed by atoms with Gasteiger partial charge < -0.3 is 15.5 Å². The Kier molecular flexibility index (Phi) is 5.30. The zero-order valence-electron chi connectivity index (χ0n) is 10.4. The highest BCUT2D eigenvalue weighted by molar-refractivity contribution is 7.14. The Hall–Kier alpha value is -1.40. The van der Waals surface area contributed by atoms with Gasteiger partial charge in [0.05, 0.1) is 11.4 Å². The summed E-state index contributed by atoms with van der Waals surface area (Å²) < 4.78 is 0. The number of hydrogen-bond acceptors (Lipinski definition) is 4. The number of hydrogen-bond donors (Lipinski definition) is 3. The number of aryl methyl sites for hydroxylation is 2. The number of aliphatic hydroxyl groups excluding tert-OH is 1. The molecule has 5 nitrogen and oxygen atoms in total. The maximum absolute atomic E-state index is 11.7. The topological polar surface area (TPSA) is 86.6 Å². The van der Waals surface area contributed by atoms with Gasteiger partial charge in [0.25, 0.3) is 5.91 Å². The van der Waals surface area contributed by atoms with E-state index in [1.165, 1.54) is 11.3 Å². The molecular weight excluding hydrogens is 254 g/mol. The van der Waals surface area contributed by atoms with Crippen molar-refractivity contribution in [1.82, 2.24) is 5.32 Å². The van der Waals surface area contributed by atoms with Crippen LogP contribution in [0.1, 0.15) is 33.5 Å². The minimum atomic E-state index is -1.56. The number of aliphatic hydroxyl groups is 1. The van der Waals surface area contributed by atoms with Gasteiger partial charge in [-0.1, -0.05) is 13.3 Å². The number of carbonyl (C=O) groups excluding carboxylic acids is 1. The van der Waals surface area contributed by atoms with Crippen molar-refractivity contribution in [2.24, 2.45) is 0 Å². The summed E-state index contributed by atoms with van der Waals surface area (Å²) in [5.74, 6) is -1.69. The number of carboxylic acids is 1. The Balaban J connectivity index is 2.61. The highest BCUT2D eigenvalue weighted by atomic mass is 32.1. The molecule has 100 valence electrons. The van der Waals surface area contributed by atoms with Gasteiger partial charge in [-0.05, 0) is 25.0 Å². The van der Waals surface area contributed by atoms with Crippen LogP contribution in [-0.2, 0) is 11.2 Å². The summed E-state index contributed by atoms with van der Waals surface area (Å²) in [6.45, 7) is 3.74. The molecule has 1 aromatic rings. The number of nitrogens with one attached hydrogen (secondary N) is 1. The number of rotatable bonds is 6. The summed E-state index contributed by atoms with van der Waals surface area (Å²) in [5.41, 5.74) is 1.14. The first-order valence-electron chi connectivity index (χ1n) is 5.74. The molecule has 1 unspecified atom stereocenters. The molecule has 1 atom stereocenters. The molecule has 6 heteroatoms. The molecule has 0 saturated carbocycles. The Labute approximate surface area is 109 Å². The number of carbonyl (C=O) groups is 2. The third kappa shape index (κ3) is 3.82. The second kappa shape index (κ2) is 6.51. The Bertz CT molecular complexity index is 441. The quantitative estimate of drug-likeness (QED) is 0.725. The average molecular weight is 271 g/mol. The van der Waals surface area contributed by atoms with E-state index >= 15 is 0 Å². The van der Waals surface area contributed by atoms with Gasteiger partial charge in [0.1, 0.15) is 0 Å². The van der Waals surface area contributed by atoms with Gasteiger partial charge in [0, 0.05) is 4.88 Å². The molecule has 1 heterocycles. The molecule has 1 rings (SSSR count). The molecule has 0 saturated heterocycles. The first-order chi connectivity index (χ1) is 8.45. The van der Waals surface area contributed by atoms with Gasteiger partial charge in [-0.15, -0.1) is 11.3 Å². The minimum Gasteiger partial charge on any atom is -0.479 e. The third-order valence-electron chi connectivity index (χ3n) is 2.50. The Morgan fingerprint density at radius 3 is 2.72 bits per heavy atom. The van der Waals surface area contributed by atoms with Gasteiger partial charge >= 0.3 is 5.97 Å². The standard InChI is InChI=1S/C12H17NO4S/c1-3-4-8-5-10(18-7(8)2)11(15)13-6-9(14)12(16)17/h5,9,14H,3-4,6H2,1-2H3,(H,13,15)(H,16,17). The fourth-order valence-corrected chi connectivity index (χ4v) is 2.50. The van der Waals surface area contributed by atoms with Gasteiger partial charge in [-0.3, -0.25) is 4.79 Å². The van der Waals surface area contributed by atoms with Crippen molar-refractivity contribution in [1.29, 1.82) is 0 Å². The van der Waals surface area contributed by atoms with E-state index in [-0.39, 0.29) is 12.5 Å². The summed E-state index contributed by atoms with van der Waals surface area (Å²) in [4.78, 5) is 23.8. The lowest BCUT2D eigenvalue weighted by molar-refractivity contribution is -0.146. The molecule has 0 bridgehead atoms. The maximum atomic E-state index is 11.7. The highest BCUT2D eigenvalue weighted by Gasteiger charge is 2.16. The van der Waals surface area contributed by atoms with Crippen LogP contribution in [0, 0.1) is 6.92 Å².